The van der Waals surface area contributed by atoms with Crippen LogP contribution in [0.15, 0.2) is 60.8 Å². The number of rotatable bonds is 51. The van der Waals surface area contributed by atoms with Gasteiger partial charge in [-0.1, -0.05) is 261 Å². The van der Waals surface area contributed by atoms with Crippen molar-refractivity contribution in [1.29, 1.82) is 0 Å². The first-order valence-corrected chi connectivity index (χ1v) is 28.3. The smallest absolute Gasteiger partial charge is 0.306 e. The molecule has 0 fully saturated rings. The molecule has 382 valence electrons. The van der Waals surface area contributed by atoms with E-state index < -0.39 is 6.10 Å². The zero-order chi connectivity index (χ0) is 47.9. The molecule has 0 bridgehead atoms. The summed E-state index contributed by atoms with van der Waals surface area (Å²) in [5, 5.41) is 0. The standard InChI is InChI=1S/C60H106O6/c1-4-7-10-13-16-19-22-25-27-29-30-32-33-35-38-41-44-47-50-53-59(62)65-56-57(55-64-58(61)52-49-46-43-40-37-24-21-18-15-12-9-6-3)66-60(63)54-51-48-45-42-39-36-34-31-28-26-23-20-17-14-11-8-5-2/h7,10,16,19,25,27,30,32,35,38,57H,4-6,8-9,11-15,17-18,20-24,26,28-29,31,33-34,36-37,39-56H2,1-3H3/b10-7-,19-16-,27-25-,32-30-,38-35-/t57-/m0/s1. The summed E-state index contributed by atoms with van der Waals surface area (Å²) in [7, 11) is 0. The van der Waals surface area contributed by atoms with Crippen LogP contribution in [-0.4, -0.2) is 37.2 Å². The minimum absolute atomic E-state index is 0.0809. The van der Waals surface area contributed by atoms with Gasteiger partial charge in [0, 0.05) is 19.3 Å². The summed E-state index contributed by atoms with van der Waals surface area (Å²) in [6.45, 7) is 6.52. The molecule has 0 amide bonds. The third-order valence-corrected chi connectivity index (χ3v) is 12.3. The van der Waals surface area contributed by atoms with E-state index >= 15 is 0 Å². The van der Waals surface area contributed by atoms with Crippen LogP contribution in [0.2, 0.25) is 0 Å². The Morgan fingerprint density at radius 1 is 0.318 bits per heavy atom. The molecule has 0 saturated carbocycles. The second kappa shape index (κ2) is 54.7. The second-order valence-corrected chi connectivity index (χ2v) is 18.8. The van der Waals surface area contributed by atoms with Gasteiger partial charge in [0.2, 0.25) is 0 Å². The van der Waals surface area contributed by atoms with E-state index in [9.17, 15) is 14.4 Å². The molecular formula is C60H106O6. The van der Waals surface area contributed by atoms with Crippen molar-refractivity contribution in [1.82, 2.24) is 0 Å². The molecule has 0 aromatic heterocycles. The molecule has 0 aliphatic rings. The van der Waals surface area contributed by atoms with Crippen LogP contribution in [0.3, 0.4) is 0 Å². The zero-order valence-electron chi connectivity index (χ0n) is 43.7. The summed E-state index contributed by atoms with van der Waals surface area (Å²) < 4.78 is 16.8. The number of carbonyl (C=O) groups is 3. The van der Waals surface area contributed by atoms with Crippen LogP contribution in [-0.2, 0) is 28.6 Å². The SMILES string of the molecule is CC/C=C\C/C=C\C/C=C\C/C=C\C/C=C\CCCCCC(=O)OC[C@H](COC(=O)CCCCCCCCCCCCCC)OC(=O)CCCCCCCCCCCCCCCCCCC. The number of hydrogen-bond acceptors (Lipinski definition) is 6. The first-order chi connectivity index (χ1) is 32.5. The fourth-order valence-corrected chi connectivity index (χ4v) is 8.06. The van der Waals surface area contributed by atoms with Gasteiger partial charge in [-0.05, 0) is 64.2 Å². The fourth-order valence-electron chi connectivity index (χ4n) is 8.06. The summed E-state index contributed by atoms with van der Waals surface area (Å²) >= 11 is 0. The van der Waals surface area contributed by atoms with Crippen molar-refractivity contribution in [2.75, 3.05) is 13.2 Å². The lowest BCUT2D eigenvalue weighted by molar-refractivity contribution is -0.167. The lowest BCUT2D eigenvalue weighted by Crippen LogP contribution is -2.30. The maximum absolute atomic E-state index is 12.8. The quantitative estimate of drug-likeness (QED) is 0.0262. The van der Waals surface area contributed by atoms with Gasteiger partial charge in [-0.3, -0.25) is 14.4 Å². The Hall–Kier alpha value is -2.89. The van der Waals surface area contributed by atoms with Crippen LogP contribution < -0.4 is 0 Å². The Bertz CT molecular complexity index is 1200. The fraction of sp³-hybridized carbons (Fsp3) is 0.783. The molecule has 0 spiro atoms. The average molecular weight is 924 g/mol. The second-order valence-electron chi connectivity index (χ2n) is 18.8. The van der Waals surface area contributed by atoms with E-state index in [1.54, 1.807) is 0 Å². The third kappa shape index (κ3) is 52.1. The maximum atomic E-state index is 12.8. The molecule has 0 rings (SSSR count). The average Bonchev–Trinajstić information content (AvgIpc) is 3.31. The molecule has 0 aromatic carbocycles. The molecule has 0 heterocycles. The molecule has 66 heavy (non-hydrogen) atoms. The minimum atomic E-state index is -0.784. The van der Waals surface area contributed by atoms with Crippen LogP contribution in [0.5, 0.6) is 0 Å². The molecular weight excluding hydrogens is 817 g/mol. The van der Waals surface area contributed by atoms with Gasteiger partial charge in [-0.2, -0.15) is 0 Å². The molecule has 6 nitrogen and oxygen atoms in total. The summed E-state index contributed by atoms with van der Waals surface area (Å²) in [4.78, 5) is 38.1. The number of ether oxygens (including phenoxy) is 3. The molecule has 0 aliphatic carbocycles. The van der Waals surface area contributed by atoms with Gasteiger partial charge in [0.1, 0.15) is 13.2 Å². The van der Waals surface area contributed by atoms with E-state index in [0.717, 1.165) is 96.3 Å². The summed E-state index contributed by atoms with van der Waals surface area (Å²) in [6, 6.07) is 0. The van der Waals surface area contributed by atoms with Gasteiger partial charge in [0.25, 0.3) is 0 Å². The van der Waals surface area contributed by atoms with Gasteiger partial charge in [-0.15, -0.1) is 0 Å². The largest absolute Gasteiger partial charge is 0.462 e. The van der Waals surface area contributed by atoms with E-state index in [2.05, 4.69) is 81.5 Å². The minimum Gasteiger partial charge on any atom is -0.462 e. The molecule has 0 saturated heterocycles. The molecule has 0 unspecified atom stereocenters. The van der Waals surface area contributed by atoms with Crippen molar-refractivity contribution >= 4 is 17.9 Å². The van der Waals surface area contributed by atoms with Crippen molar-refractivity contribution in [2.24, 2.45) is 0 Å². The molecule has 0 aliphatic heterocycles. The van der Waals surface area contributed by atoms with Crippen LogP contribution in [0.4, 0.5) is 0 Å². The molecule has 6 heteroatoms. The lowest BCUT2D eigenvalue weighted by Gasteiger charge is -2.18. The molecule has 1 atom stereocenters. The zero-order valence-corrected chi connectivity index (χ0v) is 43.7. The summed E-state index contributed by atoms with van der Waals surface area (Å²) in [5.41, 5.74) is 0. The molecule has 0 N–H and O–H groups in total. The number of unbranched alkanes of at least 4 members (excludes halogenated alkanes) is 30. The van der Waals surface area contributed by atoms with Crippen molar-refractivity contribution in [3.8, 4) is 0 Å². The Kier molecular flexibility index (Phi) is 52.3. The van der Waals surface area contributed by atoms with Gasteiger partial charge in [0.05, 0.1) is 0 Å². The Labute approximate surface area is 409 Å². The van der Waals surface area contributed by atoms with E-state index in [1.807, 2.05) is 0 Å². The monoisotopic (exact) mass is 923 g/mol. The maximum Gasteiger partial charge on any atom is 0.306 e. The summed E-state index contributed by atoms with van der Waals surface area (Å²) in [5.74, 6) is -0.902. The Morgan fingerprint density at radius 2 is 0.591 bits per heavy atom. The normalized spacial score (nSPS) is 12.5. The van der Waals surface area contributed by atoms with Crippen LogP contribution in [0.1, 0.15) is 284 Å². The number of allylic oxidation sites excluding steroid dienone is 10. The highest BCUT2D eigenvalue weighted by Crippen LogP contribution is 2.16. The van der Waals surface area contributed by atoms with Gasteiger partial charge < -0.3 is 14.2 Å². The van der Waals surface area contributed by atoms with Crippen LogP contribution >= 0.6 is 0 Å². The lowest BCUT2D eigenvalue weighted by atomic mass is 10.0. The predicted octanol–water partition coefficient (Wildman–Crippen LogP) is 18.8. The van der Waals surface area contributed by atoms with E-state index in [0.29, 0.717) is 19.3 Å². The number of carbonyl (C=O) groups excluding carboxylic acids is 3. The van der Waals surface area contributed by atoms with E-state index in [4.69, 9.17) is 14.2 Å². The van der Waals surface area contributed by atoms with E-state index in [1.165, 1.54) is 148 Å². The Balaban J connectivity index is 4.39. The van der Waals surface area contributed by atoms with Crippen molar-refractivity contribution in [3.63, 3.8) is 0 Å². The van der Waals surface area contributed by atoms with E-state index in [-0.39, 0.29) is 31.1 Å². The Morgan fingerprint density at radius 3 is 0.924 bits per heavy atom. The van der Waals surface area contributed by atoms with Crippen molar-refractivity contribution < 1.29 is 28.6 Å². The summed E-state index contributed by atoms with van der Waals surface area (Å²) in [6.07, 6.45) is 67.8. The van der Waals surface area contributed by atoms with Gasteiger partial charge in [0.15, 0.2) is 6.10 Å². The topological polar surface area (TPSA) is 78.9 Å². The van der Waals surface area contributed by atoms with Crippen molar-refractivity contribution in [3.05, 3.63) is 60.8 Å². The molecule has 0 aromatic rings. The van der Waals surface area contributed by atoms with Crippen LogP contribution in [0.25, 0.3) is 0 Å². The predicted molar refractivity (Wildman–Crippen MR) is 284 cm³/mol. The van der Waals surface area contributed by atoms with Crippen LogP contribution in [0, 0.1) is 0 Å². The first kappa shape index (κ1) is 63.1. The number of hydrogen-bond donors (Lipinski definition) is 0. The van der Waals surface area contributed by atoms with Gasteiger partial charge >= 0.3 is 17.9 Å². The highest BCUT2D eigenvalue weighted by molar-refractivity contribution is 5.71. The number of esters is 3. The highest BCUT2D eigenvalue weighted by atomic mass is 16.6. The van der Waals surface area contributed by atoms with Gasteiger partial charge in [-0.25, -0.2) is 0 Å². The highest BCUT2D eigenvalue weighted by Gasteiger charge is 2.19. The first-order valence-electron chi connectivity index (χ1n) is 28.3. The third-order valence-electron chi connectivity index (χ3n) is 12.3. The van der Waals surface area contributed by atoms with Crippen molar-refractivity contribution in [2.45, 2.75) is 290 Å². The molecule has 0 radical (unpaired) electrons.